The van der Waals surface area contributed by atoms with Crippen LogP contribution in [-0.4, -0.2) is 56.8 Å². The molecule has 0 unspecified atom stereocenters. The van der Waals surface area contributed by atoms with Gasteiger partial charge >= 0.3 is 0 Å². The van der Waals surface area contributed by atoms with Gasteiger partial charge in [-0.1, -0.05) is 109 Å². The first-order valence-corrected chi connectivity index (χ1v) is 30.2. The van der Waals surface area contributed by atoms with Crippen LogP contribution in [0.15, 0.2) is 268 Å². The van der Waals surface area contributed by atoms with Gasteiger partial charge in [0.2, 0.25) is 0 Å². The van der Waals surface area contributed by atoms with E-state index in [0.29, 0.717) is 0 Å². The summed E-state index contributed by atoms with van der Waals surface area (Å²) in [6.45, 7) is 0. The molecule has 12 heteroatoms. The normalized spacial score (nSPS) is 12.4. The Balaban J connectivity index is 0.791. The van der Waals surface area contributed by atoms with E-state index < -0.39 is 0 Å². The first-order valence-electron chi connectivity index (χ1n) is 30.2. The van der Waals surface area contributed by atoms with Gasteiger partial charge in [0.05, 0.1) is 55.3 Å². The Morgan fingerprint density at radius 1 is 0.267 bits per heavy atom. The highest BCUT2D eigenvalue weighted by Gasteiger charge is 2.25. The number of imidazole rings is 3. The summed E-state index contributed by atoms with van der Waals surface area (Å²) < 4.78 is 14.0. The van der Waals surface area contributed by atoms with Gasteiger partial charge in [-0.2, -0.15) is 0 Å². The molecule has 0 aliphatic carbocycles. The first-order chi connectivity index (χ1) is 44.7. The third kappa shape index (κ3) is 6.26. The predicted molar refractivity (Wildman–Crippen MR) is 365 cm³/mol. The molecule has 0 bridgehead atoms. The number of rotatable bonds is 5. The fraction of sp³-hybridized carbons (Fsp3) is 0. The lowest BCUT2D eigenvalue weighted by Crippen LogP contribution is -1.97. The van der Waals surface area contributed by atoms with Gasteiger partial charge < -0.3 is 13.7 Å². The number of nitrogens with zero attached hydrogens (tertiary/aromatic N) is 12. The molecule has 21 aromatic rings. The van der Waals surface area contributed by atoms with Crippen molar-refractivity contribution in [2.45, 2.75) is 0 Å². The van der Waals surface area contributed by atoms with Crippen molar-refractivity contribution < 1.29 is 0 Å². The van der Waals surface area contributed by atoms with Crippen LogP contribution in [0.25, 0.3) is 187 Å². The molecule has 0 saturated carbocycles. The number of hydrogen-bond donors (Lipinski definition) is 0. The van der Waals surface area contributed by atoms with Crippen LogP contribution < -0.4 is 0 Å². The second-order valence-corrected chi connectivity index (χ2v) is 23.6. The van der Waals surface area contributed by atoms with Crippen LogP contribution >= 0.6 is 0 Å². The Bertz CT molecular complexity index is 6710. The van der Waals surface area contributed by atoms with Crippen LogP contribution in [0.4, 0.5) is 0 Å². The molecule has 0 radical (unpaired) electrons. The fourth-order valence-electron chi connectivity index (χ4n) is 15.4. The van der Waals surface area contributed by atoms with Crippen LogP contribution in [0.1, 0.15) is 0 Å². The van der Waals surface area contributed by atoms with E-state index in [9.17, 15) is 0 Å². The van der Waals surface area contributed by atoms with Gasteiger partial charge in [0, 0.05) is 149 Å². The van der Waals surface area contributed by atoms with Crippen LogP contribution in [0.3, 0.4) is 0 Å². The summed E-state index contributed by atoms with van der Waals surface area (Å²) in [5.41, 5.74) is 19.5. The number of fused-ring (bicyclic) bond motifs is 30. The van der Waals surface area contributed by atoms with E-state index in [4.69, 9.17) is 24.9 Å². The van der Waals surface area contributed by atoms with Gasteiger partial charge in [-0.3, -0.25) is 28.2 Å². The SMILES string of the molecule is c1ccc(-n2c3cc(-c4ccc5c6c(ccc7c8ccncc8c8nccn8c76)n(-c6ccccc6)c5c4)ccc3c3c4c5ccncc5c5nc(-c6cc7c(cn6)c6nccn6c6ccc8c9ccccc9n(-c9ccccc9)c8c76)cn5c4ccc32)cc1. The molecule has 0 spiro atoms. The molecule has 0 atom stereocenters. The minimum atomic E-state index is 0.760. The van der Waals surface area contributed by atoms with Crippen molar-refractivity contribution in [2.75, 3.05) is 0 Å². The maximum atomic E-state index is 5.52. The van der Waals surface area contributed by atoms with Crippen LogP contribution in [0, 0.1) is 0 Å². The van der Waals surface area contributed by atoms with Gasteiger partial charge in [-0.15, -0.1) is 0 Å². The monoisotopic (exact) mass is 1150 g/mol. The van der Waals surface area contributed by atoms with E-state index in [1.165, 1.54) is 21.5 Å². The van der Waals surface area contributed by atoms with Crippen molar-refractivity contribution in [1.82, 2.24) is 56.8 Å². The number of para-hydroxylation sites is 4. The molecule has 0 fully saturated rings. The lowest BCUT2D eigenvalue weighted by Gasteiger charge is -2.13. The fourth-order valence-corrected chi connectivity index (χ4v) is 15.4. The largest absolute Gasteiger partial charge is 0.309 e. The zero-order valence-electron chi connectivity index (χ0n) is 47.8. The summed E-state index contributed by atoms with van der Waals surface area (Å²) in [4.78, 5) is 29.9. The second-order valence-electron chi connectivity index (χ2n) is 23.6. The van der Waals surface area contributed by atoms with Crippen molar-refractivity contribution in [2.24, 2.45) is 0 Å². The van der Waals surface area contributed by atoms with Crippen LogP contribution in [-0.2, 0) is 0 Å². The highest BCUT2D eigenvalue weighted by molar-refractivity contribution is 6.31. The Morgan fingerprint density at radius 2 is 0.789 bits per heavy atom. The molecule has 0 amide bonds. The van der Waals surface area contributed by atoms with E-state index >= 15 is 0 Å². The number of aromatic nitrogens is 12. The summed E-state index contributed by atoms with van der Waals surface area (Å²) in [5.74, 6) is 0. The third-order valence-electron chi connectivity index (χ3n) is 19.1. The number of benzene rings is 9. The third-order valence-corrected chi connectivity index (χ3v) is 19.1. The first kappa shape index (κ1) is 47.7. The van der Waals surface area contributed by atoms with Crippen molar-refractivity contribution >= 4 is 147 Å². The molecule has 416 valence electrons. The van der Waals surface area contributed by atoms with Crippen molar-refractivity contribution in [1.29, 1.82) is 0 Å². The zero-order chi connectivity index (χ0) is 58.4. The molecule has 0 aliphatic rings. The highest BCUT2D eigenvalue weighted by atomic mass is 15.1. The molecule has 21 rings (SSSR count). The molecule has 0 N–H and O–H groups in total. The van der Waals surface area contributed by atoms with E-state index in [1.807, 2.05) is 43.4 Å². The zero-order valence-corrected chi connectivity index (χ0v) is 47.8. The summed E-state index contributed by atoms with van der Waals surface area (Å²) in [5, 5.41) is 16.6. The quantitative estimate of drug-likeness (QED) is 0.159. The Morgan fingerprint density at radius 3 is 1.51 bits per heavy atom. The van der Waals surface area contributed by atoms with Crippen LogP contribution in [0.5, 0.6) is 0 Å². The standard InChI is InChI=1S/C78H44N12/c1-4-12-47(13-5-1)88-66-29-28-64-70(71(66)55-22-20-45(38-68(55)88)46-21-23-56-69(39-46)89(48-14-6-2-7-15-48)67-27-25-53-50-30-32-79-41-58(50)77-82-35-37-86(77)74(53)72(56)67)52-31-33-80-42-59(52)78-84-62(44-87(64)78)61-40-57-60(43-83-61)76-81-34-36-85(76)65-26-24-54-51-18-10-11-19-63(51)90(75(54)73(57)65)49-16-8-3-9-17-49/h1-44H. The molecular weight excluding hydrogens is 1100 g/mol. The van der Waals surface area contributed by atoms with Gasteiger partial charge in [0.25, 0.3) is 0 Å². The number of hydrogen-bond acceptors (Lipinski definition) is 6. The molecule has 9 aromatic carbocycles. The van der Waals surface area contributed by atoms with E-state index in [2.05, 4.69) is 257 Å². The minimum Gasteiger partial charge on any atom is -0.309 e. The van der Waals surface area contributed by atoms with E-state index in [-0.39, 0.29) is 0 Å². The molecule has 90 heavy (non-hydrogen) atoms. The molecule has 12 aromatic heterocycles. The van der Waals surface area contributed by atoms with Crippen molar-refractivity contribution in [3.63, 3.8) is 0 Å². The average Bonchev–Trinajstić information content (AvgIpc) is 1.52. The topological polar surface area (TPSA) is 105 Å². The number of pyridine rings is 6. The smallest absolute Gasteiger partial charge is 0.147 e. The molecule has 12 nitrogen and oxygen atoms in total. The summed E-state index contributed by atoms with van der Waals surface area (Å²) in [6, 6.07) is 74.9. The van der Waals surface area contributed by atoms with Crippen LogP contribution in [0.2, 0.25) is 0 Å². The minimum absolute atomic E-state index is 0.760. The molecular formula is C78H44N12. The molecule has 0 aliphatic heterocycles. The van der Waals surface area contributed by atoms with Crippen molar-refractivity contribution in [3.05, 3.63) is 268 Å². The highest BCUT2D eigenvalue weighted by Crippen LogP contribution is 2.46. The lowest BCUT2D eigenvalue weighted by atomic mass is 9.99. The summed E-state index contributed by atoms with van der Waals surface area (Å²) >= 11 is 0. The average molecular weight is 1150 g/mol. The van der Waals surface area contributed by atoms with Gasteiger partial charge in [0.15, 0.2) is 0 Å². The second kappa shape index (κ2) is 17.6. The van der Waals surface area contributed by atoms with Gasteiger partial charge in [-0.05, 0) is 119 Å². The Labute approximate surface area is 509 Å². The van der Waals surface area contributed by atoms with Crippen molar-refractivity contribution in [3.8, 4) is 39.6 Å². The summed E-state index contributed by atoms with van der Waals surface area (Å²) in [7, 11) is 0. The van der Waals surface area contributed by atoms with E-state index in [1.54, 1.807) is 0 Å². The maximum absolute atomic E-state index is 5.52. The lowest BCUT2D eigenvalue weighted by molar-refractivity contribution is 1.18. The van der Waals surface area contributed by atoms with Gasteiger partial charge in [-0.25, -0.2) is 15.0 Å². The molecule has 12 heterocycles. The van der Waals surface area contributed by atoms with Gasteiger partial charge in [0.1, 0.15) is 22.6 Å². The predicted octanol–water partition coefficient (Wildman–Crippen LogP) is 18.4. The Kier molecular flexibility index (Phi) is 9.30. The molecule has 0 saturated heterocycles. The maximum Gasteiger partial charge on any atom is 0.147 e. The summed E-state index contributed by atoms with van der Waals surface area (Å²) in [6.07, 6.45) is 19.7. The van der Waals surface area contributed by atoms with E-state index in [0.717, 1.165) is 165 Å². The Hall–Kier alpha value is -12.5.